The molecule has 1 unspecified atom stereocenters. The molecule has 0 aromatic heterocycles. The molecule has 1 atom stereocenters. The summed E-state index contributed by atoms with van der Waals surface area (Å²) in [5.74, 6) is 0.518. The molecular formula is C12H15Br2ClN2O. The number of carbonyl (C=O) groups is 1. The third-order valence-electron chi connectivity index (χ3n) is 2.90. The van der Waals surface area contributed by atoms with Crippen LogP contribution in [0.3, 0.4) is 0 Å². The van der Waals surface area contributed by atoms with Crippen molar-refractivity contribution >= 4 is 50.2 Å². The summed E-state index contributed by atoms with van der Waals surface area (Å²) in [4.78, 5) is 11.9. The number of carbonyl (C=O) groups excluding carboxylic acids is 1. The molecule has 6 heteroatoms. The van der Waals surface area contributed by atoms with E-state index < -0.39 is 0 Å². The van der Waals surface area contributed by atoms with Crippen LogP contribution in [0.5, 0.6) is 0 Å². The molecule has 0 radical (unpaired) electrons. The summed E-state index contributed by atoms with van der Waals surface area (Å²) >= 11 is 6.73. The second-order valence-electron chi connectivity index (χ2n) is 4.34. The first kappa shape index (κ1) is 16.0. The Kier molecular flexibility index (Phi) is 6.11. The van der Waals surface area contributed by atoms with Gasteiger partial charge in [0, 0.05) is 21.5 Å². The fourth-order valence-corrected chi connectivity index (χ4v) is 2.90. The van der Waals surface area contributed by atoms with Gasteiger partial charge in [-0.15, -0.1) is 12.4 Å². The molecule has 0 spiro atoms. The quantitative estimate of drug-likeness (QED) is 0.819. The molecule has 18 heavy (non-hydrogen) atoms. The van der Waals surface area contributed by atoms with E-state index in [0.717, 1.165) is 8.95 Å². The van der Waals surface area contributed by atoms with Gasteiger partial charge in [-0.25, -0.2) is 0 Å². The molecule has 1 aromatic carbocycles. The van der Waals surface area contributed by atoms with Crippen LogP contribution in [-0.4, -0.2) is 18.5 Å². The van der Waals surface area contributed by atoms with Gasteiger partial charge in [-0.2, -0.15) is 0 Å². The van der Waals surface area contributed by atoms with E-state index in [1.54, 1.807) is 6.07 Å². The van der Waals surface area contributed by atoms with Gasteiger partial charge in [0.05, 0.1) is 5.56 Å². The van der Waals surface area contributed by atoms with Crippen LogP contribution in [0.2, 0.25) is 0 Å². The maximum Gasteiger partial charge on any atom is 0.252 e. The Morgan fingerprint density at radius 1 is 1.44 bits per heavy atom. The van der Waals surface area contributed by atoms with Crippen LogP contribution in [0.4, 0.5) is 0 Å². The topological polar surface area (TPSA) is 55.1 Å². The summed E-state index contributed by atoms with van der Waals surface area (Å²) in [5, 5.41) is 2.87. The normalized spacial score (nSPS) is 15.7. The van der Waals surface area contributed by atoms with E-state index in [2.05, 4.69) is 37.2 Å². The average molecular weight is 399 g/mol. The number of benzene rings is 1. The molecule has 0 aliphatic heterocycles. The number of nitrogens with two attached hydrogens (primary N) is 1. The van der Waals surface area contributed by atoms with Crippen molar-refractivity contribution in [2.45, 2.75) is 18.9 Å². The van der Waals surface area contributed by atoms with Crippen LogP contribution in [0, 0.1) is 5.92 Å². The van der Waals surface area contributed by atoms with Crippen molar-refractivity contribution < 1.29 is 4.79 Å². The fraction of sp³-hybridized carbons (Fsp3) is 0.417. The van der Waals surface area contributed by atoms with Crippen LogP contribution in [0.15, 0.2) is 27.1 Å². The lowest BCUT2D eigenvalue weighted by Gasteiger charge is -2.12. The minimum atomic E-state index is -0.0829. The van der Waals surface area contributed by atoms with Crippen LogP contribution in [0.1, 0.15) is 23.2 Å². The van der Waals surface area contributed by atoms with Crippen molar-refractivity contribution in [3.05, 3.63) is 32.7 Å². The summed E-state index contributed by atoms with van der Waals surface area (Å²) in [5.41, 5.74) is 6.57. The lowest BCUT2D eigenvalue weighted by atomic mass is 10.2. The molecule has 2 rings (SSSR count). The smallest absolute Gasteiger partial charge is 0.252 e. The third kappa shape index (κ3) is 4.23. The van der Waals surface area contributed by atoms with Crippen molar-refractivity contribution in [3.8, 4) is 0 Å². The van der Waals surface area contributed by atoms with Gasteiger partial charge in [0.2, 0.25) is 0 Å². The van der Waals surface area contributed by atoms with Gasteiger partial charge >= 0.3 is 0 Å². The zero-order chi connectivity index (χ0) is 12.4. The van der Waals surface area contributed by atoms with E-state index in [0.29, 0.717) is 18.0 Å². The number of hydrogen-bond acceptors (Lipinski definition) is 2. The van der Waals surface area contributed by atoms with E-state index in [9.17, 15) is 4.79 Å². The Labute approximate surface area is 130 Å². The lowest BCUT2D eigenvalue weighted by molar-refractivity contribution is 0.0949. The Bertz CT molecular complexity index is 438. The van der Waals surface area contributed by atoms with E-state index in [1.807, 2.05) is 12.1 Å². The summed E-state index contributed by atoms with van der Waals surface area (Å²) in [6, 6.07) is 5.58. The minimum absolute atomic E-state index is 0. The summed E-state index contributed by atoms with van der Waals surface area (Å²) in [6.07, 6.45) is 2.39. The van der Waals surface area contributed by atoms with Crippen molar-refractivity contribution in [2.24, 2.45) is 11.7 Å². The van der Waals surface area contributed by atoms with Gasteiger partial charge in [0.1, 0.15) is 0 Å². The zero-order valence-electron chi connectivity index (χ0n) is 9.66. The second kappa shape index (κ2) is 6.89. The van der Waals surface area contributed by atoms with Crippen molar-refractivity contribution in [3.63, 3.8) is 0 Å². The first-order valence-electron chi connectivity index (χ1n) is 5.57. The molecule has 1 aliphatic rings. The molecule has 100 valence electrons. The predicted octanol–water partition coefficient (Wildman–Crippen LogP) is 3.10. The molecule has 0 bridgehead atoms. The SMILES string of the molecule is Cl.NC(CNC(=O)c1ccc(Br)cc1Br)C1CC1. The van der Waals surface area contributed by atoms with Gasteiger partial charge in [0.15, 0.2) is 0 Å². The Hall–Kier alpha value is -0.100. The second-order valence-corrected chi connectivity index (χ2v) is 6.11. The van der Waals surface area contributed by atoms with Crippen molar-refractivity contribution in [2.75, 3.05) is 6.54 Å². The molecule has 3 nitrogen and oxygen atoms in total. The van der Waals surface area contributed by atoms with Gasteiger partial charge in [-0.05, 0) is 52.9 Å². The molecular weight excluding hydrogens is 383 g/mol. The number of amides is 1. The standard InChI is InChI=1S/C12H14Br2N2O.ClH/c13-8-3-4-9(10(14)5-8)12(17)16-6-11(15)7-1-2-7;/h3-5,7,11H,1-2,6,15H2,(H,16,17);1H. The van der Waals surface area contributed by atoms with Gasteiger partial charge in [0.25, 0.3) is 5.91 Å². The molecule has 1 amide bonds. The lowest BCUT2D eigenvalue weighted by Crippen LogP contribution is -2.38. The first-order valence-corrected chi connectivity index (χ1v) is 7.15. The summed E-state index contributed by atoms with van der Waals surface area (Å²) < 4.78 is 1.72. The number of nitrogens with one attached hydrogen (secondary N) is 1. The molecule has 3 N–H and O–H groups in total. The van der Waals surface area contributed by atoms with Gasteiger partial charge in [-0.3, -0.25) is 4.79 Å². The van der Waals surface area contributed by atoms with Crippen LogP contribution in [0.25, 0.3) is 0 Å². The Balaban J connectivity index is 0.00000162. The first-order chi connectivity index (χ1) is 8.08. The highest BCUT2D eigenvalue weighted by atomic mass is 79.9. The minimum Gasteiger partial charge on any atom is -0.350 e. The maximum atomic E-state index is 11.9. The monoisotopic (exact) mass is 396 g/mol. The predicted molar refractivity (Wildman–Crippen MR) is 82.1 cm³/mol. The van der Waals surface area contributed by atoms with E-state index in [4.69, 9.17) is 5.73 Å². The summed E-state index contributed by atoms with van der Waals surface area (Å²) in [6.45, 7) is 0.548. The highest BCUT2D eigenvalue weighted by molar-refractivity contribution is 9.11. The molecule has 1 aliphatic carbocycles. The Morgan fingerprint density at radius 2 is 2.11 bits per heavy atom. The summed E-state index contributed by atoms with van der Waals surface area (Å²) in [7, 11) is 0. The number of halogens is 3. The number of rotatable bonds is 4. The molecule has 0 saturated heterocycles. The molecule has 1 fully saturated rings. The van der Waals surface area contributed by atoms with Crippen molar-refractivity contribution in [1.82, 2.24) is 5.32 Å². The zero-order valence-corrected chi connectivity index (χ0v) is 13.6. The fourth-order valence-electron chi connectivity index (χ4n) is 1.67. The molecule has 0 heterocycles. The maximum absolute atomic E-state index is 11.9. The molecule has 1 aromatic rings. The van der Waals surface area contributed by atoms with Gasteiger partial charge in [-0.1, -0.05) is 15.9 Å². The number of hydrogen-bond donors (Lipinski definition) is 2. The van der Waals surface area contributed by atoms with Gasteiger partial charge < -0.3 is 11.1 Å². The van der Waals surface area contributed by atoms with Crippen LogP contribution in [-0.2, 0) is 0 Å². The van der Waals surface area contributed by atoms with Crippen molar-refractivity contribution in [1.29, 1.82) is 0 Å². The highest BCUT2D eigenvalue weighted by Gasteiger charge is 2.28. The highest BCUT2D eigenvalue weighted by Crippen LogP contribution is 2.31. The largest absolute Gasteiger partial charge is 0.350 e. The molecule has 1 saturated carbocycles. The average Bonchev–Trinajstić information content (AvgIpc) is 3.09. The Morgan fingerprint density at radius 3 is 2.67 bits per heavy atom. The van der Waals surface area contributed by atoms with E-state index >= 15 is 0 Å². The van der Waals surface area contributed by atoms with Crippen LogP contribution < -0.4 is 11.1 Å². The van der Waals surface area contributed by atoms with E-state index in [1.165, 1.54) is 12.8 Å². The van der Waals surface area contributed by atoms with E-state index in [-0.39, 0.29) is 24.4 Å². The van der Waals surface area contributed by atoms with Crippen LogP contribution >= 0.6 is 44.3 Å². The third-order valence-corrected chi connectivity index (χ3v) is 4.05.